The molecule has 0 radical (unpaired) electrons. The first-order valence-electron chi connectivity index (χ1n) is 6.34. The van der Waals surface area contributed by atoms with E-state index >= 15 is 0 Å². The smallest absolute Gasteiger partial charge is 0.123 e. The zero-order chi connectivity index (χ0) is 12.4. The summed E-state index contributed by atoms with van der Waals surface area (Å²) < 4.78 is 18.2. The van der Waals surface area contributed by atoms with Gasteiger partial charge in [-0.05, 0) is 33.6 Å². The van der Waals surface area contributed by atoms with Crippen LogP contribution in [0.25, 0.3) is 0 Å². The molecule has 1 unspecified atom stereocenters. The molecule has 16 heavy (non-hydrogen) atoms. The number of hydrogen-bond acceptors (Lipinski definition) is 2. The van der Waals surface area contributed by atoms with Gasteiger partial charge in [-0.3, -0.25) is 0 Å². The van der Waals surface area contributed by atoms with Crippen molar-refractivity contribution in [2.75, 3.05) is 13.2 Å². The van der Waals surface area contributed by atoms with Gasteiger partial charge in [0, 0.05) is 6.61 Å². The minimum atomic E-state index is -1.02. The Kier molecular flexibility index (Phi) is 8.86. The molecule has 1 N–H and O–H groups in total. The minimum Gasteiger partial charge on any atom is -0.393 e. The third-order valence-corrected chi connectivity index (χ3v) is 2.39. The van der Waals surface area contributed by atoms with E-state index < -0.39 is 6.17 Å². The van der Waals surface area contributed by atoms with Crippen molar-refractivity contribution in [3.8, 4) is 0 Å². The maximum absolute atomic E-state index is 12.6. The fourth-order valence-electron chi connectivity index (χ4n) is 1.47. The third kappa shape index (κ3) is 11.9. The first-order chi connectivity index (χ1) is 7.45. The Bertz CT molecular complexity index is 155. The summed E-state index contributed by atoms with van der Waals surface area (Å²) in [6.45, 7) is 6.65. The van der Waals surface area contributed by atoms with Crippen LogP contribution >= 0.6 is 0 Å². The van der Waals surface area contributed by atoms with Crippen LogP contribution in [0.5, 0.6) is 0 Å². The van der Waals surface area contributed by atoms with Gasteiger partial charge in [0.15, 0.2) is 0 Å². The quantitative estimate of drug-likeness (QED) is 0.619. The van der Waals surface area contributed by atoms with Crippen molar-refractivity contribution in [2.24, 2.45) is 0 Å². The number of rotatable bonds is 9. The van der Waals surface area contributed by atoms with Crippen LogP contribution in [0.3, 0.4) is 0 Å². The van der Waals surface area contributed by atoms with E-state index in [0.717, 1.165) is 38.7 Å². The number of ether oxygens (including phenoxy) is 1. The fourth-order valence-corrected chi connectivity index (χ4v) is 1.47. The van der Waals surface area contributed by atoms with Crippen molar-refractivity contribution in [1.29, 1.82) is 0 Å². The van der Waals surface area contributed by atoms with Crippen molar-refractivity contribution in [3.63, 3.8) is 0 Å². The Balaban J connectivity index is 3.10. The molecule has 3 heteroatoms. The summed E-state index contributed by atoms with van der Waals surface area (Å²) in [5.74, 6) is 0. The summed E-state index contributed by atoms with van der Waals surface area (Å²) in [5.41, 5.74) is -0.0391. The van der Waals surface area contributed by atoms with Gasteiger partial charge in [-0.2, -0.15) is 0 Å². The van der Waals surface area contributed by atoms with Crippen molar-refractivity contribution in [3.05, 3.63) is 0 Å². The van der Waals surface area contributed by atoms with Gasteiger partial charge >= 0.3 is 0 Å². The summed E-state index contributed by atoms with van der Waals surface area (Å²) in [4.78, 5) is 0. The molecule has 0 saturated carbocycles. The Morgan fingerprint density at radius 2 is 1.62 bits per heavy atom. The van der Waals surface area contributed by atoms with Crippen LogP contribution in [0.1, 0.15) is 59.3 Å². The van der Waals surface area contributed by atoms with Crippen LogP contribution in [-0.2, 0) is 4.74 Å². The summed E-state index contributed by atoms with van der Waals surface area (Å²) in [5, 5.41) is 8.49. The summed E-state index contributed by atoms with van der Waals surface area (Å²) >= 11 is 0. The summed E-state index contributed by atoms with van der Waals surface area (Å²) in [6, 6.07) is 0. The largest absolute Gasteiger partial charge is 0.393 e. The Morgan fingerprint density at radius 1 is 1.06 bits per heavy atom. The van der Waals surface area contributed by atoms with E-state index in [4.69, 9.17) is 9.84 Å². The number of hydrogen-bond donors (Lipinski definition) is 1. The van der Waals surface area contributed by atoms with E-state index in [9.17, 15) is 4.39 Å². The highest BCUT2D eigenvalue weighted by Crippen LogP contribution is 2.11. The lowest BCUT2D eigenvalue weighted by atomic mass is 10.1. The summed E-state index contributed by atoms with van der Waals surface area (Å²) in [6.07, 6.45) is 4.75. The molecule has 0 bridgehead atoms. The third-order valence-electron chi connectivity index (χ3n) is 2.39. The van der Waals surface area contributed by atoms with Crippen molar-refractivity contribution in [2.45, 2.75) is 71.1 Å². The molecule has 0 aliphatic rings. The molecule has 0 aliphatic carbocycles. The molecule has 0 saturated heterocycles. The maximum atomic E-state index is 12.6. The molecule has 0 amide bonds. The average molecular weight is 234 g/mol. The SMILES string of the molecule is CC(C)(C)OCCCCCCCC(F)CO. The second-order valence-electron chi connectivity index (χ2n) is 5.30. The van der Waals surface area contributed by atoms with E-state index in [1.807, 2.05) is 0 Å². The molecule has 0 spiro atoms. The van der Waals surface area contributed by atoms with Gasteiger partial charge in [-0.1, -0.05) is 25.7 Å². The van der Waals surface area contributed by atoms with E-state index in [-0.39, 0.29) is 12.2 Å². The number of aliphatic hydroxyl groups excluding tert-OH is 1. The van der Waals surface area contributed by atoms with Crippen molar-refractivity contribution >= 4 is 0 Å². The van der Waals surface area contributed by atoms with Gasteiger partial charge in [-0.25, -0.2) is 4.39 Å². The predicted octanol–water partition coefficient (Wildman–Crippen LogP) is 3.47. The number of unbranched alkanes of at least 4 members (excludes halogenated alkanes) is 4. The van der Waals surface area contributed by atoms with Gasteiger partial charge in [-0.15, -0.1) is 0 Å². The normalized spacial score (nSPS) is 14.1. The van der Waals surface area contributed by atoms with Crippen LogP contribution in [0.4, 0.5) is 4.39 Å². The van der Waals surface area contributed by atoms with Crippen LogP contribution in [0.2, 0.25) is 0 Å². The van der Waals surface area contributed by atoms with Crippen molar-refractivity contribution < 1.29 is 14.2 Å². The fraction of sp³-hybridized carbons (Fsp3) is 1.00. The lowest BCUT2D eigenvalue weighted by Crippen LogP contribution is -2.19. The molecular formula is C13H27FO2. The monoisotopic (exact) mass is 234 g/mol. The van der Waals surface area contributed by atoms with Crippen LogP contribution in [0.15, 0.2) is 0 Å². The molecule has 0 aliphatic heterocycles. The van der Waals surface area contributed by atoms with Crippen LogP contribution < -0.4 is 0 Å². The second kappa shape index (κ2) is 8.94. The van der Waals surface area contributed by atoms with E-state index in [1.54, 1.807) is 0 Å². The Morgan fingerprint density at radius 3 is 2.19 bits per heavy atom. The molecule has 1 atom stereocenters. The van der Waals surface area contributed by atoms with Crippen LogP contribution in [-0.4, -0.2) is 30.1 Å². The first kappa shape index (κ1) is 15.9. The highest BCUT2D eigenvalue weighted by atomic mass is 19.1. The molecule has 98 valence electrons. The van der Waals surface area contributed by atoms with Gasteiger partial charge in [0.05, 0.1) is 12.2 Å². The molecule has 0 aromatic heterocycles. The van der Waals surface area contributed by atoms with Crippen LogP contribution in [0, 0.1) is 0 Å². The minimum absolute atomic E-state index is 0.0391. The molecular weight excluding hydrogens is 207 g/mol. The zero-order valence-corrected chi connectivity index (χ0v) is 11.0. The lowest BCUT2D eigenvalue weighted by molar-refractivity contribution is -0.00476. The van der Waals surface area contributed by atoms with Gasteiger partial charge in [0.1, 0.15) is 6.17 Å². The molecule has 2 nitrogen and oxygen atoms in total. The summed E-state index contributed by atoms with van der Waals surface area (Å²) in [7, 11) is 0. The predicted molar refractivity (Wildman–Crippen MR) is 65.4 cm³/mol. The molecule has 0 rings (SSSR count). The number of aliphatic hydroxyl groups is 1. The number of halogens is 1. The van der Waals surface area contributed by atoms with Crippen molar-refractivity contribution in [1.82, 2.24) is 0 Å². The number of alkyl halides is 1. The van der Waals surface area contributed by atoms with Gasteiger partial charge in [0.25, 0.3) is 0 Å². The average Bonchev–Trinajstić information content (AvgIpc) is 2.20. The Hall–Kier alpha value is -0.150. The standard InChI is InChI=1S/C13H27FO2/c1-13(2,3)16-10-8-6-4-5-7-9-12(14)11-15/h12,15H,4-11H2,1-3H3. The topological polar surface area (TPSA) is 29.5 Å². The molecule has 0 fully saturated rings. The molecule has 0 aromatic carbocycles. The maximum Gasteiger partial charge on any atom is 0.123 e. The first-order valence-corrected chi connectivity index (χ1v) is 6.34. The highest BCUT2D eigenvalue weighted by molar-refractivity contribution is 4.58. The molecule has 0 heterocycles. The Labute approximate surface area is 99.2 Å². The van der Waals surface area contributed by atoms with E-state index in [1.165, 1.54) is 0 Å². The lowest BCUT2D eigenvalue weighted by Gasteiger charge is -2.19. The highest BCUT2D eigenvalue weighted by Gasteiger charge is 2.08. The molecule has 0 aromatic rings. The van der Waals surface area contributed by atoms with E-state index in [0.29, 0.717) is 6.42 Å². The van der Waals surface area contributed by atoms with E-state index in [2.05, 4.69) is 20.8 Å². The van der Waals surface area contributed by atoms with Gasteiger partial charge in [0.2, 0.25) is 0 Å². The second-order valence-corrected chi connectivity index (χ2v) is 5.30. The van der Waals surface area contributed by atoms with Gasteiger partial charge < -0.3 is 9.84 Å². The zero-order valence-electron chi connectivity index (χ0n) is 11.0.